The van der Waals surface area contributed by atoms with Crippen molar-refractivity contribution in [2.75, 3.05) is 13.2 Å². The maximum atomic E-state index is 8.57. The minimum atomic E-state index is 0.424. The van der Waals surface area contributed by atoms with Crippen molar-refractivity contribution >= 4 is 0 Å². The van der Waals surface area contributed by atoms with Crippen LogP contribution in [0.3, 0.4) is 0 Å². The number of hydrogen-bond acceptors (Lipinski definition) is 4. The third-order valence-electron chi connectivity index (χ3n) is 2.90. The minimum Gasteiger partial charge on any atom is -0.493 e. The zero-order valence-corrected chi connectivity index (χ0v) is 13.3. The summed E-state index contributed by atoms with van der Waals surface area (Å²) in [6.45, 7) is 8.34. The van der Waals surface area contributed by atoms with E-state index < -0.39 is 0 Å². The molecule has 0 fully saturated rings. The summed E-state index contributed by atoms with van der Waals surface area (Å²) >= 11 is 0. The molecule has 0 saturated heterocycles. The fraction of sp³-hybridized carbons (Fsp3) is 0.588. The Labute approximate surface area is 128 Å². The Morgan fingerprint density at radius 3 is 2.71 bits per heavy atom. The first-order valence-corrected chi connectivity index (χ1v) is 7.66. The van der Waals surface area contributed by atoms with E-state index in [0.717, 1.165) is 36.4 Å². The molecular weight excluding hydrogens is 264 g/mol. The van der Waals surface area contributed by atoms with Crippen LogP contribution in [0.15, 0.2) is 18.2 Å². The van der Waals surface area contributed by atoms with Crippen molar-refractivity contribution in [1.82, 2.24) is 5.32 Å². The van der Waals surface area contributed by atoms with Gasteiger partial charge in [-0.3, -0.25) is 0 Å². The van der Waals surface area contributed by atoms with Crippen LogP contribution in [-0.2, 0) is 6.54 Å². The normalized spacial score (nSPS) is 10.4. The highest BCUT2D eigenvalue weighted by Crippen LogP contribution is 2.25. The van der Waals surface area contributed by atoms with Crippen molar-refractivity contribution in [3.05, 3.63) is 23.8 Å². The van der Waals surface area contributed by atoms with E-state index in [1.807, 2.05) is 18.2 Å². The first-order chi connectivity index (χ1) is 10.2. The predicted octanol–water partition coefficient (Wildman–Crippen LogP) is 3.66. The van der Waals surface area contributed by atoms with Gasteiger partial charge in [-0.2, -0.15) is 5.26 Å². The maximum Gasteiger partial charge on any atom is 0.127 e. The van der Waals surface area contributed by atoms with Crippen LogP contribution in [-0.4, -0.2) is 19.3 Å². The lowest BCUT2D eigenvalue weighted by Gasteiger charge is -2.15. The van der Waals surface area contributed by atoms with Crippen molar-refractivity contribution in [2.45, 2.75) is 52.6 Å². The summed E-state index contributed by atoms with van der Waals surface area (Å²) in [6.07, 6.45) is 2.24. The lowest BCUT2D eigenvalue weighted by Crippen LogP contribution is -2.22. The van der Waals surface area contributed by atoms with Crippen LogP contribution < -0.4 is 14.8 Å². The monoisotopic (exact) mass is 290 g/mol. The zero-order valence-electron chi connectivity index (χ0n) is 13.3. The van der Waals surface area contributed by atoms with Crippen LogP contribution >= 0.6 is 0 Å². The topological polar surface area (TPSA) is 54.3 Å². The SMILES string of the molecule is CCCOc1ccc(CNC(C)C)c(OCCCC#N)c1. The molecule has 0 bridgehead atoms. The summed E-state index contributed by atoms with van der Waals surface area (Å²) in [5.74, 6) is 1.68. The number of ether oxygens (including phenoxy) is 2. The second-order valence-electron chi connectivity index (χ2n) is 5.26. The molecule has 4 nitrogen and oxygen atoms in total. The molecule has 0 heterocycles. The fourth-order valence-corrected chi connectivity index (χ4v) is 1.77. The molecular formula is C17H26N2O2. The fourth-order valence-electron chi connectivity index (χ4n) is 1.77. The molecule has 0 unspecified atom stereocenters. The van der Waals surface area contributed by atoms with Crippen molar-refractivity contribution in [3.63, 3.8) is 0 Å². The number of benzene rings is 1. The van der Waals surface area contributed by atoms with E-state index in [4.69, 9.17) is 14.7 Å². The molecule has 0 aromatic heterocycles. The Kier molecular flexibility index (Phi) is 8.30. The van der Waals surface area contributed by atoms with Gasteiger partial charge < -0.3 is 14.8 Å². The van der Waals surface area contributed by atoms with Crippen molar-refractivity contribution in [1.29, 1.82) is 5.26 Å². The van der Waals surface area contributed by atoms with Gasteiger partial charge in [-0.05, 0) is 18.9 Å². The molecule has 0 aliphatic rings. The lowest BCUT2D eigenvalue weighted by molar-refractivity contribution is 0.296. The van der Waals surface area contributed by atoms with Gasteiger partial charge in [0.1, 0.15) is 11.5 Å². The van der Waals surface area contributed by atoms with E-state index in [0.29, 0.717) is 25.7 Å². The Bertz CT molecular complexity index is 453. The smallest absolute Gasteiger partial charge is 0.127 e. The molecule has 0 aliphatic heterocycles. The number of nitrogens with one attached hydrogen (secondary N) is 1. The van der Waals surface area contributed by atoms with Crippen LogP contribution in [0.1, 0.15) is 45.6 Å². The van der Waals surface area contributed by atoms with Gasteiger partial charge in [0.15, 0.2) is 0 Å². The number of nitriles is 1. The number of hydrogen-bond donors (Lipinski definition) is 1. The average molecular weight is 290 g/mol. The molecule has 21 heavy (non-hydrogen) atoms. The van der Waals surface area contributed by atoms with Crippen LogP contribution in [0.5, 0.6) is 11.5 Å². The molecule has 0 atom stereocenters. The maximum absolute atomic E-state index is 8.57. The Balaban J connectivity index is 2.71. The first kappa shape index (κ1) is 17.3. The molecule has 1 aromatic carbocycles. The zero-order chi connectivity index (χ0) is 15.5. The van der Waals surface area contributed by atoms with E-state index in [1.54, 1.807) is 0 Å². The first-order valence-electron chi connectivity index (χ1n) is 7.66. The summed E-state index contributed by atoms with van der Waals surface area (Å²) in [6, 6.07) is 8.52. The molecule has 0 radical (unpaired) electrons. The number of unbranched alkanes of at least 4 members (excludes halogenated alkanes) is 1. The summed E-state index contributed by atoms with van der Waals surface area (Å²) in [7, 11) is 0. The van der Waals surface area contributed by atoms with E-state index in [9.17, 15) is 0 Å². The van der Waals surface area contributed by atoms with Gasteiger partial charge >= 0.3 is 0 Å². The van der Waals surface area contributed by atoms with Crippen LogP contribution in [0.2, 0.25) is 0 Å². The number of nitrogens with zero attached hydrogens (tertiary/aromatic N) is 1. The van der Waals surface area contributed by atoms with Gasteiger partial charge in [0.25, 0.3) is 0 Å². The Hall–Kier alpha value is -1.73. The van der Waals surface area contributed by atoms with Gasteiger partial charge in [0.05, 0.1) is 19.3 Å². The van der Waals surface area contributed by atoms with Crippen molar-refractivity contribution < 1.29 is 9.47 Å². The molecule has 0 spiro atoms. The summed E-state index contributed by atoms with van der Waals surface area (Å²) in [5, 5.41) is 12.0. The third kappa shape index (κ3) is 7.01. The molecule has 0 aliphatic carbocycles. The van der Waals surface area contributed by atoms with E-state index in [-0.39, 0.29) is 0 Å². The largest absolute Gasteiger partial charge is 0.493 e. The molecule has 0 amide bonds. The average Bonchev–Trinajstić information content (AvgIpc) is 2.48. The molecule has 1 rings (SSSR count). The minimum absolute atomic E-state index is 0.424. The lowest BCUT2D eigenvalue weighted by atomic mass is 10.1. The van der Waals surface area contributed by atoms with E-state index in [2.05, 4.69) is 32.2 Å². The van der Waals surface area contributed by atoms with Gasteiger partial charge in [-0.25, -0.2) is 0 Å². The summed E-state index contributed by atoms with van der Waals surface area (Å²) in [5.41, 5.74) is 1.12. The van der Waals surface area contributed by atoms with Crippen molar-refractivity contribution in [2.24, 2.45) is 0 Å². The summed E-state index contributed by atoms with van der Waals surface area (Å²) in [4.78, 5) is 0. The van der Waals surface area contributed by atoms with E-state index in [1.165, 1.54) is 0 Å². The standard InChI is InChI=1S/C17H26N2O2/c1-4-10-20-16-8-7-15(13-19-14(2)3)17(12-16)21-11-6-5-9-18/h7-8,12,14,19H,4-6,10-11,13H2,1-3H3. The highest BCUT2D eigenvalue weighted by Gasteiger charge is 2.07. The number of rotatable bonds is 10. The second kappa shape index (κ2) is 10.1. The highest BCUT2D eigenvalue weighted by molar-refractivity contribution is 5.40. The van der Waals surface area contributed by atoms with Gasteiger partial charge in [0, 0.05) is 30.6 Å². The van der Waals surface area contributed by atoms with Crippen LogP contribution in [0.25, 0.3) is 0 Å². The van der Waals surface area contributed by atoms with Crippen molar-refractivity contribution in [3.8, 4) is 17.6 Å². The highest BCUT2D eigenvalue weighted by atomic mass is 16.5. The summed E-state index contributed by atoms with van der Waals surface area (Å²) < 4.78 is 11.5. The molecule has 1 N–H and O–H groups in total. The molecule has 116 valence electrons. The van der Waals surface area contributed by atoms with Crippen LogP contribution in [0, 0.1) is 11.3 Å². The van der Waals surface area contributed by atoms with Gasteiger partial charge in [-0.1, -0.05) is 26.8 Å². The third-order valence-corrected chi connectivity index (χ3v) is 2.90. The quantitative estimate of drug-likeness (QED) is 0.668. The van der Waals surface area contributed by atoms with Gasteiger partial charge in [0.2, 0.25) is 0 Å². The molecule has 1 aromatic rings. The predicted molar refractivity (Wildman–Crippen MR) is 84.5 cm³/mol. The Morgan fingerprint density at radius 2 is 2.05 bits per heavy atom. The molecule has 4 heteroatoms. The van der Waals surface area contributed by atoms with Gasteiger partial charge in [-0.15, -0.1) is 0 Å². The molecule has 0 saturated carbocycles. The second-order valence-corrected chi connectivity index (χ2v) is 5.26. The van der Waals surface area contributed by atoms with E-state index >= 15 is 0 Å². The van der Waals surface area contributed by atoms with Crippen LogP contribution in [0.4, 0.5) is 0 Å². The Morgan fingerprint density at radius 1 is 1.24 bits per heavy atom.